The number of aryl methyl sites for hydroxylation is 1. The van der Waals surface area contributed by atoms with Gasteiger partial charge in [0, 0.05) is 15.4 Å². The summed E-state index contributed by atoms with van der Waals surface area (Å²) in [6, 6.07) is 7.79. The van der Waals surface area contributed by atoms with E-state index in [0.29, 0.717) is 18.1 Å². The third kappa shape index (κ3) is 2.22. The zero-order chi connectivity index (χ0) is 17.1. The Morgan fingerprint density at radius 2 is 2.12 bits per heavy atom. The van der Waals surface area contributed by atoms with Crippen LogP contribution in [0.3, 0.4) is 0 Å². The third-order valence-corrected chi connectivity index (χ3v) is 6.57. The van der Waals surface area contributed by atoms with Crippen LogP contribution in [-0.4, -0.2) is 10.9 Å². The normalized spacial score (nSPS) is 25.4. The Bertz CT molecular complexity index is 894. The van der Waals surface area contributed by atoms with Gasteiger partial charge in [0.1, 0.15) is 11.5 Å². The first kappa shape index (κ1) is 15.8. The van der Waals surface area contributed by atoms with Crippen LogP contribution in [0.5, 0.6) is 5.75 Å². The lowest BCUT2D eigenvalue weighted by Gasteiger charge is -2.37. The summed E-state index contributed by atoms with van der Waals surface area (Å²) in [6.45, 7) is 2.11. The lowest BCUT2D eigenvalue weighted by Crippen LogP contribution is -2.32. The van der Waals surface area contributed by atoms with Gasteiger partial charge < -0.3 is 0 Å². The van der Waals surface area contributed by atoms with Gasteiger partial charge in [0.2, 0.25) is 0 Å². The summed E-state index contributed by atoms with van der Waals surface area (Å²) in [5.41, 5.74) is 2.35. The lowest BCUT2D eigenvalue weighted by atomic mass is 9.66. The van der Waals surface area contributed by atoms with Crippen LogP contribution in [0.2, 0.25) is 0 Å². The Morgan fingerprint density at radius 3 is 2.88 bits per heavy atom. The second-order valence-corrected chi connectivity index (χ2v) is 8.05. The van der Waals surface area contributed by atoms with Gasteiger partial charge in [-0.05, 0) is 81.8 Å². The standard InChI is InChI=1S/C18H16INO4/c1-18-7-6-11-12(14(18)4-5-17(18)21)3-2-10-8-16(24-20(22)23)15(19)9-13(10)11/h2-3,8-9,14H,4-7H2,1H3/t14-,18-/m0/s1. The van der Waals surface area contributed by atoms with E-state index in [1.165, 1.54) is 11.1 Å². The zero-order valence-electron chi connectivity index (χ0n) is 13.2. The van der Waals surface area contributed by atoms with Gasteiger partial charge in [-0.15, -0.1) is 10.1 Å². The number of hydrogen-bond acceptors (Lipinski definition) is 4. The molecule has 24 heavy (non-hydrogen) atoms. The van der Waals surface area contributed by atoms with E-state index < -0.39 is 5.09 Å². The molecule has 4 rings (SSSR count). The number of rotatable bonds is 2. The predicted molar refractivity (Wildman–Crippen MR) is 97.7 cm³/mol. The van der Waals surface area contributed by atoms with E-state index in [9.17, 15) is 14.9 Å². The summed E-state index contributed by atoms with van der Waals surface area (Å²) in [5.74, 6) is 0.956. The number of carbonyl (C=O) groups excluding carboxylic acids is 1. The highest BCUT2D eigenvalue weighted by Crippen LogP contribution is 2.54. The van der Waals surface area contributed by atoms with E-state index in [-0.39, 0.29) is 11.2 Å². The molecule has 0 radical (unpaired) electrons. The summed E-state index contributed by atoms with van der Waals surface area (Å²) in [6.07, 6.45) is 3.35. The third-order valence-electron chi connectivity index (χ3n) is 5.73. The molecule has 2 aliphatic carbocycles. The minimum atomic E-state index is -0.780. The van der Waals surface area contributed by atoms with Gasteiger partial charge in [0.25, 0.3) is 5.09 Å². The largest absolute Gasteiger partial charge is 0.299 e. The van der Waals surface area contributed by atoms with Gasteiger partial charge in [-0.2, -0.15) is 0 Å². The highest BCUT2D eigenvalue weighted by atomic mass is 127. The van der Waals surface area contributed by atoms with Crippen molar-refractivity contribution >= 4 is 39.1 Å². The Balaban J connectivity index is 1.87. The number of benzene rings is 2. The van der Waals surface area contributed by atoms with Crippen molar-refractivity contribution < 1.29 is 14.7 Å². The first-order valence-corrected chi connectivity index (χ1v) is 9.09. The first-order chi connectivity index (χ1) is 11.4. The highest BCUT2D eigenvalue weighted by Gasteiger charge is 2.49. The average Bonchev–Trinajstić information content (AvgIpc) is 2.83. The molecule has 0 bridgehead atoms. The molecule has 0 unspecified atom stereocenters. The minimum absolute atomic E-state index is 0.220. The van der Waals surface area contributed by atoms with E-state index in [2.05, 4.69) is 40.4 Å². The molecule has 5 nitrogen and oxygen atoms in total. The topological polar surface area (TPSA) is 69.4 Å². The highest BCUT2D eigenvalue weighted by molar-refractivity contribution is 14.1. The molecule has 0 heterocycles. The Hall–Kier alpha value is -1.70. The molecule has 2 aromatic rings. The summed E-state index contributed by atoms with van der Waals surface area (Å²) in [7, 11) is 0. The smallest absolute Gasteiger partial charge is 0.299 e. The quantitative estimate of drug-likeness (QED) is 0.397. The molecule has 2 aromatic carbocycles. The van der Waals surface area contributed by atoms with Gasteiger partial charge in [0.15, 0.2) is 0 Å². The molecule has 0 spiro atoms. The van der Waals surface area contributed by atoms with Crippen LogP contribution in [0.25, 0.3) is 10.8 Å². The number of nitrogens with zero attached hydrogens (tertiary/aromatic N) is 1. The van der Waals surface area contributed by atoms with Crippen molar-refractivity contribution in [3.63, 3.8) is 0 Å². The van der Waals surface area contributed by atoms with Gasteiger partial charge in [-0.3, -0.25) is 9.63 Å². The molecule has 0 amide bonds. The Kier molecular flexibility index (Phi) is 3.56. The number of carbonyl (C=O) groups is 1. The van der Waals surface area contributed by atoms with Crippen molar-refractivity contribution in [1.82, 2.24) is 0 Å². The van der Waals surface area contributed by atoms with Crippen LogP contribution >= 0.6 is 22.6 Å². The molecule has 6 heteroatoms. The molecular weight excluding hydrogens is 421 g/mol. The molecule has 0 aliphatic heterocycles. The molecule has 0 saturated heterocycles. The molecule has 2 aliphatic rings. The molecule has 1 saturated carbocycles. The van der Waals surface area contributed by atoms with Gasteiger partial charge in [-0.1, -0.05) is 19.1 Å². The van der Waals surface area contributed by atoms with Gasteiger partial charge in [-0.25, -0.2) is 0 Å². The van der Waals surface area contributed by atoms with Crippen molar-refractivity contribution in [2.24, 2.45) is 5.41 Å². The lowest BCUT2D eigenvalue weighted by molar-refractivity contribution is -0.711. The predicted octanol–water partition coefficient (Wildman–Crippen LogP) is 4.41. The number of hydrogen-bond donors (Lipinski definition) is 0. The molecular formula is C18H16INO4. The van der Waals surface area contributed by atoms with Crippen LogP contribution < -0.4 is 4.84 Å². The fraction of sp³-hybridized carbons (Fsp3) is 0.389. The summed E-state index contributed by atoms with van der Waals surface area (Å²) in [4.78, 5) is 27.6. The SMILES string of the molecule is C[C@]12CCc3c(ccc4cc(O[N+](=O)[O-])c(I)cc34)[C@@H]1CCC2=O. The maximum absolute atomic E-state index is 12.3. The Morgan fingerprint density at radius 1 is 1.33 bits per heavy atom. The van der Waals surface area contributed by atoms with Crippen LogP contribution in [-0.2, 0) is 11.2 Å². The maximum Gasteiger partial charge on any atom is 0.299 e. The zero-order valence-corrected chi connectivity index (χ0v) is 15.3. The molecule has 0 N–H and O–H groups in total. The number of fused-ring (bicyclic) bond motifs is 5. The maximum atomic E-state index is 12.3. The molecule has 124 valence electrons. The molecule has 2 atom stereocenters. The van der Waals surface area contributed by atoms with Crippen molar-refractivity contribution in [3.8, 4) is 5.75 Å². The van der Waals surface area contributed by atoms with E-state index in [4.69, 9.17) is 0 Å². The second kappa shape index (κ2) is 5.40. The van der Waals surface area contributed by atoms with Crippen LogP contribution in [0, 0.1) is 19.1 Å². The molecule has 0 aromatic heterocycles. The minimum Gasteiger partial charge on any atom is -0.299 e. The van der Waals surface area contributed by atoms with Crippen LogP contribution in [0.4, 0.5) is 0 Å². The summed E-state index contributed by atoms with van der Waals surface area (Å²) < 4.78 is 0.723. The monoisotopic (exact) mass is 437 g/mol. The second-order valence-electron chi connectivity index (χ2n) is 6.88. The molecule has 1 fully saturated rings. The van der Waals surface area contributed by atoms with Crippen LogP contribution in [0.1, 0.15) is 43.2 Å². The Labute approximate surface area is 152 Å². The first-order valence-electron chi connectivity index (χ1n) is 8.01. The summed E-state index contributed by atoms with van der Waals surface area (Å²) in [5, 5.41) is 11.9. The summed E-state index contributed by atoms with van der Waals surface area (Å²) >= 11 is 2.07. The van der Waals surface area contributed by atoms with E-state index in [0.717, 1.165) is 33.6 Å². The van der Waals surface area contributed by atoms with Crippen molar-refractivity contribution in [2.45, 2.75) is 38.5 Å². The fourth-order valence-corrected chi connectivity index (χ4v) is 5.00. The van der Waals surface area contributed by atoms with Crippen molar-refractivity contribution in [3.05, 3.63) is 49.1 Å². The van der Waals surface area contributed by atoms with Gasteiger partial charge in [0.05, 0.1) is 0 Å². The van der Waals surface area contributed by atoms with Gasteiger partial charge >= 0.3 is 0 Å². The van der Waals surface area contributed by atoms with Crippen molar-refractivity contribution in [1.29, 1.82) is 0 Å². The fourth-order valence-electron chi connectivity index (χ4n) is 4.43. The van der Waals surface area contributed by atoms with Crippen LogP contribution in [0.15, 0.2) is 24.3 Å². The number of halogens is 1. The number of ketones is 1. The van der Waals surface area contributed by atoms with E-state index >= 15 is 0 Å². The van der Waals surface area contributed by atoms with E-state index in [1.54, 1.807) is 6.07 Å². The van der Waals surface area contributed by atoms with E-state index in [1.807, 2.05) is 12.1 Å². The number of Topliss-reactive ketones (excluding diaryl/α,β-unsaturated/α-hetero) is 1. The average molecular weight is 437 g/mol. The van der Waals surface area contributed by atoms with Crippen molar-refractivity contribution in [2.75, 3.05) is 0 Å².